The van der Waals surface area contributed by atoms with Gasteiger partial charge in [-0.15, -0.1) is 0 Å². The zero-order valence-corrected chi connectivity index (χ0v) is 12.1. The van der Waals surface area contributed by atoms with Gasteiger partial charge in [0.1, 0.15) is 0 Å². The maximum absolute atomic E-state index is 11.7. The number of nitrogens with two attached hydrogens (primary N) is 1. The quantitative estimate of drug-likeness (QED) is 0.922. The van der Waals surface area contributed by atoms with Crippen molar-refractivity contribution < 1.29 is 8.42 Å². The van der Waals surface area contributed by atoms with Crippen molar-refractivity contribution in [2.75, 3.05) is 6.26 Å². The molecule has 17 heavy (non-hydrogen) atoms. The van der Waals surface area contributed by atoms with Gasteiger partial charge in [0.15, 0.2) is 9.84 Å². The van der Waals surface area contributed by atoms with Crippen LogP contribution in [0.5, 0.6) is 0 Å². The van der Waals surface area contributed by atoms with E-state index in [2.05, 4.69) is 0 Å². The highest BCUT2D eigenvalue weighted by Gasteiger charge is 2.37. The Balaban J connectivity index is 3.21. The molecule has 5 heteroatoms. The number of rotatable bonds is 3. The van der Waals surface area contributed by atoms with Crippen LogP contribution in [0.4, 0.5) is 0 Å². The van der Waals surface area contributed by atoms with E-state index in [0.717, 1.165) is 11.1 Å². The summed E-state index contributed by atoms with van der Waals surface area (Å²) in [5, 5.41) is 0.599. The minimum Gasteiger partial charge on any atom is -0.323 e. The molecule has 96 valence electrons. The summed E-state index contributed by atoms with van der Waals surface area (Å²) in [6, 6.07) is 4.79. The zero-order chi connectivity index (χ0) is 13.4. The van der Waals surface area contributed by atoms with Gasteiger partial charge in [-0.1, -0.05) is 23.7 Å². The van der Waals surface area contributed by atoms with E-state index in [0.29, 0.717) is 5.02 Å². The first kappa shape index (κ1) is 14.5. The SMILES string of the molecule is Cc1ccc(C(N)C(C)(C)S(C)(=O)=O)cc1Cl. The maximum Gasteiger partial charge on any atom is 0.154 e. The number of benzene rings is 1. The van der Waals surface area contributed by atoms with Gasteiger partial charge in [-0.2, -0.15) is 0 Å². The third-order valence-electron chi connectivity index (χ3n) is 3.26. The molecule has 0 fully saturated rings. The number of halogens is 1. The highest BCUT2D eigenvalue weighted by Crippen LogP contribution is 2.31. The van der Waals surface area contributed by atoms with Crippen molar-refractivity contribution in [3.63, 3.8) is 0 Å². The van der Waals surface area contributed by atoms with Gasteiger partial charge in [-0.25, -0.2) is 8.42 Å². The van der Waals surface area contributed by atoms with Crippen molar-refractivity contribution in [2.45, 2.75) is 31.6 Å². The summed E-state index contributed by atoms with van der Waals surface area (Å²) in [7, 11) is -3.24. The predicted octanol–water partition coefficient (Wildman–Crippen LogP) is 2.47. The van der Waals surface area contributed by atoms with E-state index >= 15 is 0 Å². The highest BCUT2D eigenvalue weighted by molar-refractivity contribution is 7.92. The van der Waals surface area contributed by atoms with Crippen molar-refractivity contribution in [1.29, 1.82) is 0 Å². The standard InChI is InChI=1S/C12H18ClNO2S/c1-8-5-6-9(7-10(8)13)11(14)12(2,3)17(4,15)16/h5-7,11H,14H2,1-4H3. The van der Waals surface area contributed by atoms with Crippen molar-refractivity contribution in [3.05, 3.63) is 34.3 Å². The van der Waals surface area contributed by atoms with Gasteiger partial charge >= 0.3 is 0 Å². The van der Waals surface area contributed by atoms with Crippen molar-refractivity contribution in [2.24, 2.45) is 5.73 Å². The topological polar surface area (TPSA) is 60.2 Å². The lowest BCUT2D eigenvalue weighted by molar-refractivity contribution is 0.496. The van der Waals surface area contributed by atoms with Gasteiger partial charge in [0.25, 0.3) is 0 Å². The van der Waals surface area contributed by atoms with E-state index in [1.807, 2.05) is 19.1 Å². The molecule has 0 radical (unpaired) electrons. The van der Waals surface area contributed by atoms with Gasteiger partial charge < -0.3 is 5.73 Å². The van der Waals surface area contributed by atoms with Gasteiger partial charge in [0.05, 0.1) is 4.75 Å². The molecule has 0 saturated heterocycles. The molecule has 1 atom stereocenters. The molecule has 2 N–H and O–H groups in total. The molecule has 0 saturated carbocycles. The molecule has 0 bridgehead atoms. The van der Waals surface area contributed by atoms with Crippen molar-refractivity contribution in [3.8, 4) is 0 Å². The van der Waals surface area contributed by atoms with Crippen molar-refractivity contribution in [1.82, 2.24) is 0 Å². The Hall–Kier alpha value is -0.580. The normalized spacial score (nSPS) is 14.7. The third-order valence-corrected chi connectivity index (χ3v) is 5.83. The Bertz CT molecular complexity index is 523. The highest BCUT2D eigenvalue weighted by atomic mass is 35.5. The molecule has 0 amide bonds. The zero-order valence-electron chi connectivity index (χ0n) is 10.5. The Morgan fingerprint density at radius 1 is 1.35 bits per heavy atom. The van der Waals surface area contributed by atoms with Crippen LogP contribution >= 0.6 is 11.6 Å². The summed E-state index contributed by atoms with van der Waals surface area (Å²) in [5.41, 5.74) is 7.72. The van der Waals surface area contributed by atoms with Crippen LogP contribution in [0, 0.1) is 6.92 Å². The van der Waals surface area contributed by atoms with Crippen LogP contribution in [0.2, 0.25) is 5.02 Å². The summed E-state index contributed by atoms with van der Waals surface area (Å²) >= 11 is 6.02. The smallest absolute Gasteiger partial charge is 0.154 e. The average molecular weight is 276 g/mol. The lowest BCUT2D eigenvalue weighted by Gasteiger charge is -2.30. The Morgan fingerprint density at radius 2 is 1.88 bits per heavy atom. The van der Waals surface area contributed by atoms with Crippen LogP contribution in [-0.4, -0.2) is 19.4 Å². The first-order valence-electron chi connectivity index (χ1n) is 5.28. The second kappa shape index (κ2) is 4.59. The van der Waals surface area contributed by atoms with E-state index < -0.39 is 20.6 Å². The van der Waals surface area contributed by atoms with Crippen LogP contribution < -0.4 is 5.73 Å². The molecule has 0 aliphatic heterocycles. The molecule has 0 aliphatic rings. The van der Waals surface area contributed by atoms with Crippen LogP contribution in [0.25, 0.3) is 0 Å². The van der Waals surface area contributed by atoms with Crippen LogP contribution in [0.3, 0.4) is 0 Å². The molecule has 0 aromatic heterocycles. The van der Waals surface area contributed by atoms with Gasteiger partial charge in [-0.05, 0) is 38.0 Å². The number of hydrogen-bond acceptors (Lipinski definition) is 3. The average Bonchev–Trinajstić information content (AvgIpc) is 2.19. The largest absolute Gasteiger partial charge is 0.323 e. The third kappa shape index (κ3) is 2.81. The number of aryl methyl sites for hydroxylation is 1. The number of hydrogen-bond donors (Lipinski definition) is 1. The fourth-order valence-electron chi connectivity index (χ4n) is 1.43. The van der Waals surface area contributed by atoms with Crippen molar-refractivity contribution >= 4 is 21.4 Å². The van der Waals surface area contributed by atoms with Crippen LogP contribution in [0.1, 0.15) is 31.0 Å². The molecule has 1 unspecified atom stereocenters. The minimum absolute atomic E-state index is 0.599. The molecule has 1 aromatic rings. The second-order valence-electron chi connectivity index (χ2n) is 4.86. The molecule has 0 heterocycles. The summed E-state index contributed by atoms with van der Waals surface area (Å²) in [4.78, 5) is 0. The second-order valence-corrected chi connectivity index (χ2v) is 7.87. The Morgan fingerprint density at radius 3 is 2.29 bits per heavy atom. The Kier molecular flexibility index (Phi) is 3.91. The van der Waals surface area contributed by atoms with E-state index in [-0.39, 0.29) is 0 Å². The van der Waals surface area contributed by atoms with Gasteiger partial charge in [0, 0.05) is 17.3 Å². The lowest BCUT2D eigenvalue weighted by Crippen LogP contribution is -2.42. The van der Waals surface area contributed by atoms with Crippen LogP contribution in [0.15, 0.2) is 18.2 Å². The summed E-state index contributed by atoms with van der Waals surface area (Å²) in [6.07, 6.45) is 1.20. The van der Waals surface area contributed by atoms with E-state index in [9.17, 15) is 8.42 Å². The molecule has 3 nitrogen and oxygen atoms in total. The van der Waals surface area contributed by atoms with E-state index in [4.69, 9.17) is 17.3 Å². The molecule has 1 aromatic carbocycles. The molecular formula is C12H18ClNO2S. The molecular weight excluding hydrogens is 258 g/mol. The van der Waals surface area contributed by atoms with Gasteiger partial charge in [-0.3, -0.25) is 0 Å². The summed E-state index contributed by atoms with van der Waals surface area (Å²) in [6.45, 7) is 5.14. The Labute approximate surface area is 108 Å². The molecule has 0 spiro atoms. The summed E-state index contributed by atoms with van der Waals surface area (Å²) in [5.74, 6) is 0. The fraction of sp³-hybridized carbons (Fsp3) is 0.500. The first-order chi connectivity index (χ1) is 7.57. The predicted molar refractivity (Wildman–Crippen MR) is 72.0 cm³/mol. The van der Waals surface area contributed by atoms with Gasteiger partial charge in [0.2, 0.25) is 0 Å². The minimum atomic E-state index is -3.24. The molecule has 0 aliphatic carbocycles. The first-order valence-corrected chi connectivity index (χ1v) is 7.55. The van der Waals surface area contributed by atoms with E-state index in [1.165, 1.54) is 6.26 Å². The monoisotopic (exact) mass is 275 g/mol. The number of sulfone groups is 1. The maximum atomic E-state index is 11.7. The molecule has 1 rings (SSSR count). The summed E-state index contributed by atoms with van der Waals surface area (Å²) < 4.78 is 22.4. The fourth-order valence-corrected chi connectivity index (χ4v) is 2.22. The van der Waals surface area contributed by atoms with E-state index in [1.54, 1.807) is 19.9 Å². The van der Waals surface area contributed by atoms with Crippen LogP contribution in [-0.2, 0) is 9.84 Å². The lowest BCUT2D eigenvalue weighted by atomic mass is 9.95.